The zero-order valence-electron chi connectivity index (χ0n) is 19.9. The van der Waals surface area contributed by atoms with Crippen molar-refractivity contribution in [2.75, 3.05) is 18.4 Å². The van der Waals surface area contributed by atoms with Gasteiger partial charge in [0.2, 0.25) is 5.91 Å². The minimum absolute atomic E-state index is 0.0775. The van der Waals surface area contributed by atoms with Gasteiger partial charge in [-0.15, -0.1) is 0 Å². The summed E-state index contributed by atoms with van der Waals surface area (Å²) in [6.07, 6.45) is 1.07. The molecular formula is C28H29N3O2S2. The third kappa shape index (κ3) is 4.93. The Labute approximate surface area is 215 Å². The van der Waals surface area contributed by atoms with Gasteiger partial charge in [0.15, 0.2) is 0 Å². The van der Waals surface area contributed by atoms with E-state index < -0.39 is 5.25 Å². The number of thiocarbonyl (C=S) groups is 1. The third-order valence-corrected chi connectivity index (χ3v) is 8.89. The van der Waals surface area contributed by atoms with E-state index >= 15 is 0 Å². The monoisotopic (exact) mass is 503 g/mol. The second kappa shape index (κ2) is 9.99. The number of fused-ring (bicyclic) bond motifs is 4. The normalized spacial score (nSPS) is 19.5. The van der Waals surface area contributed by atoms with E-state index in [4.69, 9.17) is 12.2 Å². The van der Waals surface area contributed by atoms with Gasteiger partial charge in [-0.3, -0.25) is 9.59 Å². The van der Waals surface area contributed by atoms with E-state index in [1.807, 2.05) is 73.0 Å². The summed E-state index contributed by atoms with van der Waals surface area (Å²) in [5.74, 6) is 0.569. The molecule has 0 radical (unpaired) electrons. The van der Waals surface area contributed by atoms with Crippen molar-refractivity contribution in [2.45, 2.75) is 38.0 Å². The minimum Gasteiger partial charge on any atom is -0.356 e. The predicted molar refractivity (Wildman–Crippen MR) is 147 cm³/mol. The molecule has 1 saturated heterocycles. The number of nitrogens with one attached hydrogen (secondary N) is 1. The Morgan fingerprint density at radius 3 is 2.57 bits per heavy atom. The lowest BCUT2D eigenvalue weighted by Crippen LogP contribution is -2.48. The van der Waals surface area contributed by atoms with Crippen molar-refractivity contribution < 1.29 is 4.79 Å². The topological polar surface area (TPSA) is 54.3 Å². The predicted octanol–water partition coefficient (Wildman–Crippen LogP) is 5.28. The summed E-state index contributed by atoms with van der Waals surface area (Å²) in [7, 11) is 0. The molecular weight excluding hydrogens is 474 g/mol. The van der Waals surface area contributed by atoms with Crippen LogP contribution in [0.5, 0.6) is 0 Å². The second-order valence-corrected chi connectivity index (χ2v) is 11.3. The van der Waals surface area contributed by atoms with Crippen LogP contribution in [0.3, 0.4) is 0 Å². The summed E-state index contributed by atoms with van der Waals surface area (Å²) < 4.78 is 2.66. The van der Waals surface area contributed by atoms with Crippen molar-refractivity contribution in [2.24, 2.45) is 5.92 Å². The van der Waals surface area contributed by atoms with Gasteiger partial charge in [-0.25, -0.2) is 0 Å². The lowest BCUT2D eigenvalue weighted by molar-refractivity contribution is -0.115. The molecule has 5 nitrogen and oxygen atoms in total. The molecule has 180 valence electrons. The molecule has 7 heteroatoms. The number of rotatable bonds is 4. The molecule has 2 bridgehead atoms. The molecule has 2 aliphatic heterocycles. The maximum absolute atomic E-state index is 13.5. The molecule has 1 aromatic heterocycles. The maximum Gasteiger partial charge on any atom is 0.250 e. The van der Waals surface area contributed by atoms with Crippen LogP contribution in [0.15, 0.2) is 71.5 Å². The molecule has 1 amide bonds. The van der Waals surface area contributed by atoms with Crippen LogP contribution in [0.1, 0.15) is 40.0 Å². The Morgan fingerprint density at radius 2 is 1.77 bits per heavy atom. The van der Waals surface area contributed by atoms with Crippen molar-refractivity contribution in [1.82, 2.24) is 9.47 Å². The number of piperidine rings is 1. The largest absolute Gasteiger partial charge is 0.356 e. The number of hydrogen-bond acceptors (Lipinski definition) is 4. The molecule has 0 spiro atoms. The molecule has 0 aliphatic carbocycles. The average Bonchev–Trinajstić information content (AvgIpc) is 2.86. The van der Waals surface area contributed by atoms with Gasteiger partial charge < -0.3 is 14.8 Å². The Kier molecular flexibility index (Phi) is 6.80. The van der Waals surface area contributed by atoms with Crippen molar-refractivity contribution >= 4 is 39.9 Å². The molecule has 1 fully saturated rings. The van der Waals surface area contributed by atoms with Gasteiger partial charge in [0, 0.05) is 43.0 Å². The fourth-order valence-electron chi connectivity index (χ4n) is 5.21. The highest BCUT2D eigenvalue weighted by molar-refractivity contribution is 8.23. The van der Waals surface area contributed by atoms with Crippen LogP contribution in [-0.4, -0.2) is 32.8 Å². The fraction of sp³-hybridized carbons (Fsp3) is 0.321. The van der Waals surface area contributed by atoms with E-state index in [9.17, 15) is 9.59 Å². The lowest BCUT2D eigenvalue weighted by Gasteiger charge is -2.43. The molecule has 0 unspecified atom stereocenters. The number of carbonyl (C=O) groups is 1. The summed E-state index contributed by atoms with van der Waals surface area (Å²) in [5, 5.41) is 2.68. The summed E-state index contributed by atoms with van der Waals surface area (Å²) in [4.78, 5) is 28.1. The maximum atomic E-state index is 13.5. The average molecular weight is 504 g/mol. The summed E-state index contributed by atoms with van der Waals surface area (Å²) in [6, 6.07) is 21.3. The van der Waals surface area contributed by atoms with Crippen molar-refractivity contribution in [3.8, 4) is 0 Å². The van der Waals surface area contributed by atoms with Crippen molar-refractivity contribution in [1.29, 1.82) is 0 Å². The number of hydrogen-bond donors (Lipinski definition) is 1. The number of amides is 1. The van der Waals surface area contributed by atoms with Gasteiger partial charge in [0.25, 0.3) is 5.56 Å². The smallest absolute Gasteiger partial charge is 0.250 e. The lowest BCUT2D eigenvalue weighted by atomic mass is 9.83. The molecule has 3 atom stereocenters. The number of carbonyl (C=O) groups excluding carboxylic acids is 1. The summed E-state index contributed by atoms with van der Waals surface area (Å²) in [5.41, 5.74) is 5.14. The van der Waals surface area contributed by atoms with Gasteiger partial charge in [-0.05, 0) is 55.0 Å². The third-order valence-electron chi connectivity index (χ3n) is 7.16. The van der Waals surface area contributed by atoms with E-state index in [1.165, 1.54) is 11.8 Å². The highest BCUT2D eigenvalue weighted by atomic mass is 32.2. The van der Waals surface area contributed by atoms with Crippen LogP contribution in [0.25, 0.3) is 0 Å². The number of nitrogens with zero attached hydrogens (tertiary/aromatic N) is 2. The molecule has 3 heterocycles. The zero-order chi connectivity index (χ0) is 24.5. The number of anilines is 1. The second-order valence-electron chi connectivity index (χ2n) is 9.51. The first-order valence-corrected chi connectivity index (χ1v) is 13.3. The molecule has 0 saturated carbocycles. The molecule has 2 aliphatic rings. The van der Waals surface area contributed by atoms with E-state index in [2.05, 4.69) is 16.3 Å². The Morgan fingerprint density at radius 1 is 1.00 bits per heavy atom. The van der Waals surface area contributed by atoms with Gasteiger partial charge in [0.05, 0.1) is 0 Å². The molecule has 35 heavy (non-hydrogen) atoms. The van der Waals surface area contributed by atoms with Gasteiger partial charge in [-0.2, -0.15) is 0 Å². The van der Waals surface area contributed by atoms with E-state index in [0.29, 0.717) is 5.92 Å². The molecule has 3 aromatic rings. The summed E-state index contributed by atoms with van der Waals surface area (Å²) >= 11 is 7.36. The van der Waals surface area contributed by atoms with Gasteiger partial charge in [0.1, 0.15) is 9.57 Å². The number of aryl methyl sites for hydroxylation is 1. The Bertz CT molecular complexity index is 1320. The number of aromatic nitrogens is 1. The Balaban J connectivity index is 1.36. The van der Waals surface area contributed by atoms with Crippen LogP contribution in [0.4, 0.5) is 5.69 Å². The first-order valence-electron chi connectivity index (χ1n) is 12.0. The summed E-state index contributed by atoms with van der Waals surface area (Å²) in [6.45, 7) is 6.37. The first-order chi connectivity index (χ1) is 16.9. The highest BCUT2D eigenvalue weighted by Gasteiger charge is 2.36. The van der Waals surface area contributed by atoms with E-state index in [1.54, 1.807) is 6.07 Å². The first kappa shape index (κ1) is 23.8. The van der Waals surface area contributed by atoms with E-state index in [0.717, 1.165) is 58.4 Å². The van der Waals surface area contributed by atoms with Crippen molar-refractivity contribution in [3.63, 3.8) is 0 Å². The SMILES string of the molecule is Cc1cccc(NC(=O)[C@H](SC(=S)N2C[C@@H]3C[C@@H](C2)c2cccc(=O)n2C3)c2ccccc2)c1C. The molecule has 2 aromatic carbocycles. The standard InChI is InChI=1S/C28H29N3O2S2/c1-18-8-6-11-23(19(18)2)29-27(33)26(21-9-4-3-5-10-21)35-28(34)30-15-20-14-22(17-30)24-12-7-13-25(32)31(24)16-20/h3-13,20,22,26H,14-17H2,1-2H3,(H,29,33)/t20-,22-,26+/m0/s1. The van der Waals surface area contributed by atoms with Crippen LogP contribution in [0.2, 0.25) is 0 Å². The number of thioether (sulfide) groups is 1. The van der Waals surface area contributed by atoms with Crippen LogP contribution in [0, 0.1) is 19.8 Å². The van der Waals surface area contributed by atoms with Gasteiger partial charge in [-0.1, -0.05) is 72.5 Å². The van der Waals surface area contributed by atoms with Crippen LogP contribution < -0.4 is 10.9 Å². The number of likely N-dealkylation sites (tertiary alicyclic amines) is 1. The molecule has 5 rings (SSSR count). The van der Waals surface area contributed by atoms with E-state index in [-0.39, 0.29) is 17.4 Å². The Hall–Kier alpha value is -2.90. The fourth-order valence-corrected chi connectivity index (χ4v) is 6.60. The number of benzene rings is 2. The highest BCUT2D eigenvalue weighted by Crippen LogP contribution is 2.39. The minimum atomic E-state index is -0.458. The quantitative estimate of drug-likeness (QED) is 0.491. The number of pyridine rings is 1. The molecule has 1 N–H and O–H groups in total. The van der Waals surface area contributed by atoms with Crippen LogP contribution in [-0.2, 0) is 11.3 Å². The van der Waals surface area contributed by atoms with Gasteiger partial charge >= 0.3 is 0 Å². The van der Waals surface area contributed by atoms with Crippen molar-refractivity contribution in [3.05, 3.63) is 99.5 Å². The zero-order valence-corrected chi connectivity index (χ0v) is 21.6. The van der Waals surface area contributed by atoms with Crippen LogP contribution >= 0.6 is 24.0 Å².